The maximum Gasteiger partial charge on any atom is 0.264 e. The van der Waals surface area contributed by atoms with Crippen molar-refractivity contribution >= 4 is 78.0 Å². The van der Waals surface area contributed by atoms with Crippen LogP contribution in [0.3, 0.4) is 0 Å². The van der Waals surface area contributed by atoms with E-state index >= 15 is 0 Å². The molecule has 0 atom stereocenters. The highest BCUT2D eigenvalue weighted by atomic mass is 32.1. The van der Waals surface area contributed by atoms with Crippen molar-refractivity contribution in [3.63, 3.8) is 0 Å². The number of benzene rings is 5. The molecule has 0 amide bonds. The molecule has 7 saturated carbocycles. The van der Waals surface area contributed by atoms with Gasteiger partial charge < -0.3 is 9.80 Å². The summed E-state index contributed by atoms with van der Waals surface area (Å²) < 4.78 is 2.91. The van der Waals surface area contributed by atoms with E-state index in [0.717, 1.165) is 41.4 Å². The second-order valence-electron chi connectivity index (χ2n) is 29.1. The van der Waals surface area contributed by atoms with Gasteiger partial charge in [-0.1, -0.05) is 132 Å². The van der Waals surface area contributed by atoms with Gasteiger partial charge in [0.25, 0.3) is 6.71 Å². The maximum atomic E-state index is 2.84. The number of thiophene rings is 1. The first kappa shape index (κ1) is 44.4. The lowest BCUT2D eigenvalue weighted by molar-refractivity contribution is -0.212. The van der Waals surface area contributed by atoms with Crippen LogP contribution in [0.5, 0.6) is 0 Å². The quantitative estimate of drug-likeness (QED) is 0.163. The molecule has 360 valence electrons. The van der Waals surface area contributed by atoms with Gasteiger partial charge in [-0.15, -0.1) is 11.3 Å². The van der Waals surface area contributed by atoms with Crippen LogP contribution in [0, 0.1) is 41.4 Å². The second-order valence-corrected chi connectivity index (χ2v) is 30.2. The summed E-state index contributed by atoms with van der Waals surface area (Å²) in [6, 6.07) is 38.2. The molecule has 6 aromatic rings. The molecule has 2 nitrogen and oxygen atoms in total. The molecule has 0 spiro atoms. The average Bonchev–Trinajstić information content (AvgIpc) is 3.69. The number of hydrogen-bond acceptors (Lipinski definition) is 3. The fourth-order valence-electron chi connectivity index (χ4n) is 17.4. The van der Waals surface area contributed by atoms with Gasteiger partial charge in [0.2, 0.25) is 0 Å². The van der Waals surface area contributed by atoms with Crippen LogP contribution in [-0.4, -0.2) is 6.71 Å². The van der Waals surface area contributed by atoms with E-state index in [1.165, 1.54) is 139 Å². The minimum absolute atomic E-state index is 0.00330. The maximum absolute atomic E-state index is 2.84. The molecule has 1 aromatic heterocycles. The first-order chi connectivity index (χ1) is 33.0. The normalized spacial score (nSPS) is 29.4. The lowest BCUT2D eigenvalue weighted by Gasteiger charge is -2.72. The van der Waals surface area contributed by atoms with E-state index in [1.807, 2.05) is 0 Å². The second kappa shape index (κ2) is 14.1. The Morgan fingerprint density at radius 2 is 1.09 bits per heavy atom. The largest absolute Gasteiger partial charge is 0.311 e. The van der Waals surface area contributed by atoms with E-state index in [4.69, 9.17) is 0 Å². The van der Waals surface area contributed by atoms with Gasteiger partial charge in [-0.2, -0.15) is 0 Å². The van der Waals surface area contributed by atoms with E-state index in [-0.39, 0.29) is 39.2 Å². The summed E-state index contributed by atoms with van der Waals surface area (Å²) in [5.41, 5.74) is 20.7. The van der Waals surface area contributed by atoms with Crippen molar-refractivity contribution in [2.75, 3.05) is 9.80 Å². The van der Waals surface area contributed by atoms with Crippen molar-refractivity contribution in [3.8, 4) is 0 Å². The summed E-state index contributed by atoms with van der Waals surface area (Å²) in [5, 5.41) is 1.40. The van der Waals surface area contributed by atoms with Crippen molar-refractivity contribution < 1.29 is 0 Å². The van der Waals surface area contributed by atoms with Crippen LogP contribution in [0.15, 0.2) is 91.0 Å². The highest BCUT2D eigenvalue weighted by Gasteiger charge is 2.68. The minimum Gasteiger partial charge on any atom is -0.311 e. The van der Waals surface area contributed by atoms with Crippen LogP contribution in [0.25, 0.3) is 10.1 Å². The SMILES string of the molecule is CC(C)(C)c1cccc(N2c3cc(C(C)(C)C)ccc3B3c4sc5cc(C(C)(C)C)ccc5c4N(c4ccc5c(c4)C(C)(C)CCC5(C)C)c4cc(C56CC7C8CC9CC7C(C5)C(C9)C8C6)cc2c43)c1. The fourth-order valence-corrected chi connectivity index (χ4v) is 18.7. The van der Waals surface area contributed by atoms with Gasteiger partial charge in [-0.05, 0) is 218 Å². The Bertz CT molecular complexity index is 3150. The number of anilines is 6. The molecular weight excluding hydrogens is 864 g/mol. The molecule has 7 fully saturated rings. The summed E-state index contributed by atoms with van der Waals surface area (Å²) in [7, 11) is 0. The van der Waals surface area contributed by atoms with Crippen LogP contribution < -0.4 is 25.5 Å². The predicted octanol–water partition coefficient (Wildman–Crippen LogP) is 16.2. The third-order valence-electron chi connectivity index (χ3n) is 21.1. The van der Waals surface area contributed by atoms with Crippen LogP contribution in [-0.2, 0) is 32.5 Å². The number of nitrogens with zero attached hydrogens (tertiary/aromatic N) is 2. The topological polar surface area (TPSA) is 6.48 Å². The van der Waals surface area contributed by atoms with E-state index < -0.39 is 0 Å². The first-order valence-electron chi connectivity index (χ1n) is 27.7. The molecule has 10 aliphatic rings. The zero-order chi connectivity index (χ0) is 48.6. The van der Waals surface area contributed by atoms with Gasteiger partial charge in [-0.25, -0.2) is 0 Å². The zero-order valence-electron chi connectivity index (χ0n) is 44.7. The van der Waals surface area contributed by atoms with Gasteiger partial charge in [0, 0.05) is 43.3 Å². The Morgan fingerprint density at radius 3 is 1.71 bits per heavy atom. The van der Waals surface area contributed by atoms with Crippen LogP contribution in [0.1, 0.15) is 175 Å². The minimum atomic E-state index is 0.00330. The Morgan fingerprint density at radius 1 is 0.529 bits per heavy atom. The Hall–Kier alpha value is -4.28. The van der Waals surface area contributed by atoms with Crippen LogP contribution in [0.2, 0.25) is 0 Å². The standard InChI is InChI=1S/C66H77BN2S/c1-61(2,3)38-15-14-16-42(28-38)68-54-29-39(62(4,5)6)18-22-53(54)67-58-55(68)30-41(66-34-48-45-25-37-26-46(48)50(36-66)47(27-37)49(45)35-66)31-56(58)69(43-19-21-51-52(33-43)65(12,13)24-23-64(51,10)11)59-44-20-17-40(63(7,8)9)32-57(44)70-60(59)67/h14-22,28-33,37,45-50H,23-27,34-36H2,1-13H3. The molecule has 16 rings (SSSR count). The van der Waals surface area contributed by atoms with E-state index in [0.29, 0.717) is 0 Å². The molecule has 0 saturated heterocycles. The summed E-state index contributed by atoms with van der Waals surface area (Å²) in [6.45, 7) is 31.6. The van der Waals surface area contributed by atoms with Crippen molar-refractivity contribution in [1.82, 2.24) is 0 Å². The van der Waals surface area contributed by atoms with Crippen molar-refractivity contribution in [3.05, 3.63) is 124 Å². The highest BCUT2D eigenvalue weighted by molar-refractivity contribution is 7.33. The summed E-state index contributed by atoms with van der Waals surface area (Å²) in [6.07, 6.45) is 11.2. The molecule has 8 bridgehead atoms. The lowest BCUT2D eigenvalue weighted by Crippen LogP contribution is -2.66. The molecule has 0 N–H and O–H groups in total. The molecule has 5 aromatic carbocycles. The van der Waals surface area contributed by atoms with E-state index in [1.54, 1.807) is 5.56 Å². The van der Waals surface area contributed by atoms with Gasteiger partial charge >= 0.3 is 0 Å². The Labute approximate surface area is 425 Å². The third kappa shape index (κ3) is 6.10. The Balaban J connectivity index is 1.10. The van der Waals surface area contributed by atoms with Gasteiger partial charge in [0.15, 0.2) is 0 Å². The molecule has 0 radical (unpaired) electrons. The summed E-state index contributed by atoms with van der Waals surface area (Å²) >= 11 is 2.08. The van der Waals surface area contributed by atoms with Crippen molar-refractivity contribution in [2.45, 2.75) is 174 Å². The van der Waals surface area contributed by atoms with Gasteiger partial charge in [0.1, 0.15) is 0 Å². The van der Waals surface area contributed by atoms with Gasteiger partial charge in [-0.3, -0.25) is 0 Å². The molecule has 3 heterocycles. The molecule has 4 heteroatoms. The lowest BCUT2D eigenvalue weighted by atomic mass is 9.32. The number of fused-ring (bicyclic) bond motifs is 7. The summed E-state index contributed by atoms with van der Waals surface area (Å²) in [4.78, 5) is 5.61. The summed E-state index contributed by atoms with van der Waals surface area (Å²) in [5.74, 6) is 6.67. The van der Waals surface area contributed by atoms with E-state index in [2.05, 4.69) is 202 Å². The third-order valence-corrected chi connectivity index (χ3v) is 22.3. The smallest absolute Gasteiger partial charge is 0.264 e. The molecule has 0 unspecified atom stereocenters. The van der Waals surface area contributed by atoms with Gasteiger partial charge in [0.05, 0.1) is 5.69 Å². The van der Waals surface area contributed by atoms with Crippen LogP contribution in [0.4, 0.5) is 34.1 Å². The molecule has 2 aliphatic heterocycles. The average molecular weight is 941 g/mol. The molecule has 8 aliphatic carbocycles. The number of hydrogen-bond donors (Lipinski definition) is 0. The molecular formula is C66H77BN2S. The fraction of sp³-hybridized carbons (Fsp3) is 0.515. The van der Waals surface area contributed by atoms with Crippen molar-refractivity contribution in [2.24, 2.45) is 41.4 Å². The monoisotopic (exact) mass is 941 g/mol. The van der Waals surface area contributed by atoms with E-state index in [9.17, 15) is 0 Å². The number of rotatable bonds is 3. The Kier molecular flexibility index (Phi) is 8.92. The van der Waals surface area contributed by atoms with Crippen molar-refractivity contribution in [1.29, 1.82) is 0 Å². The van der Waals surface area contributed by atoms with Crippen LogP contribution >= 0.6 is 11.3 Å². The first-order valence-corrected chi connectivity index (χ1v) is 28.6. The zero-order valence-corrected chi connectivity index (χ0v) is 45.6. The highest BCUT2D eigenvalue weighted by Crippen LogP contribution is 2.75. The molecule has 70 heavy (non-hydrogen) atoms. The predicted molar refractivity (Wildman–Crippen MR) is 301 cm³/mol.